The summed E-state index contributed by atoms with van der Waals surface area (Å²) in [6, 6.07) is 7.13. The fourth-order valence-electron chi connectivity index (χ4n) is 2.52. The molecule has 1 N–H and O–H groups in total. The first-order valence-corrected chi connectivity index (χ1v) is 6.94. The van der Waals surface area contributed by atoms with Crippen molar-refractivity contribution in [3.05, 3.63) is 30.1 Å². The van der Waals surface area contributed by atoms with Gasteiger partial charge in [0.05, 0.1) is 0 Å². The van der Waals surface area contributed by atoms with Crippen LogP contribution >= 0.6 is 0 Å². The Labute approximate surface area is 108 Å². The van der Waals surface area contributed by atoms with Gasteiger partial charge in [-0.1, -0.05) is 0 Å². The van der Waals surface area contributed by atoms with Gasteiger partial charge in [-0.2, -0.15) is 0 Å². The molecule has 0 heterocycles. The van der Waals surface area contributed by atoms with Crippen LogP contribution in [0.5, 0.6) is 5.75 Å². The molecule has 18 heavy (non-hydrogen) atoms. The highest BCUT2D eigenvalue weighted by molar-refractivity contribution is 5.23. The van der Waals surface area contributed by atoms with Crippen LogP contribution in [0.15, 0.2) is 24.3 Å². The lowest BCUT2D eigenvalue weighted by atomic mass is 9.77. The second-order valence-corrected chi connectivity index (χ2v) is 5.57. The zero-order valence-corrected chi connectivity index (χ0v) is 10.6. The van der Waals surface area contributed by atoms with Crippen LogP contribution < -0.4 is 10.1 Å². The molecule has 3 heteroatoms. The van der Waals surface area contributed by atoms with Crippen molar-refractivity contribution in [3.8, 4) is 5.75 Å². The lowest BCUT2D eigenvalue weighted by molar-refractivity contribution is -0.0143. The number of rotatable bonds is 6. The lowest BCUT2D eigenvalue weighted by Crippen LogP contribution is -2.45. The second-order valence-electron chi connectivity index (χ2n) is 5.57. The third kappa shape index (κ3) is 2.83. The number of hydrogen-bond acceptors (Lipinski definition) is 2. The zero-order valence-electron chi connectivity index (χ0n) is 10.6. The van der Waals surface area contributed by atoms with Crippen molar-refractivity contribution in [2.45, 2.75) is 50.2 Å². The fraction of sp³-hybridized carbons (Fsp3) is 0.600. The van der Waals surface area contributed by atoms with E-state index in [0.717, 1.165) is 37.6 Å². The van der Waals surface area contributed by atoms with Crippen molar-refractivity contribution < 1.29 is 9.13 Å². The molecule has 0 spiro atoms. The van der Waals surface area contributed by atoms with Crippen molar-refractivity contribution in [2.24, 2.45) is 0 Å². The predicted octanol–water partition coefficient (Wildman–Crippen LogP) is 3.27. The normalized spacial score (nSPS) is 21.4. The number of ether oxygens (including phenoxy) is 1. The second kappa shape index (κ2) is 4.88. The summed E-state index contributed by atoms with van der Waals surface area (Å²) in [6.07, 6.45) is 7.19. The summed E-state index contributed by atoms with van der Waals surface area (Å²) in [6.45, 7) is 1.03. The summed E-state index contributed by atoms with van der Waals surface area (Å²) in [4.78, 5) is 0. The number of nitrogens with one attached hydrogen (secondary N) is 1. The van der Waals surface area contributed by atoms with E-state index in [1.165, 1.54) is 31.4 Å². The lowest BCUT2D eigenvalue weighted by Gasteiger charge is -2.42. The Hall–Kier alpha value is -1.09. The predicted molar refractivity (Wildman–Crippen MR) is 69.3 cm³/mol. The van der Waals surface area contributed by atoms with Crippen LogP contribution in [0.1, 0.15) is 38.5 Å². The number of halogens is 1. The highest BCUT2D eigenvalue weighted by atomic mass is 19.1. The van der Waals surface area contributed by atoms with E-state index in [1.54, 1.807) is 12.1 Å². The Morgan fingerprint density at radius 3 is 2.50 bits per heavy atom. The molecule has 98 valence electrons. The molecular weight excluding hydrogens is 229 g/mol. The molecule has 3 rings (SSSR count). The molecular formula is C15H20FNO. The maximum absolute atomic E-state index is 12.8. The van der Waals surface area contributed by atoms with Gasteiger partial charge >= 0.3 is 0 Å². The minimum Gasteiger partial charge on any atom is -0.487 e. The highest BCUT2D eigenvalue weighted by Crippen LogP contribution is 2.39. The maximum atomic E-state index is 12.8. The van der Waals surface area contributed by atoms with E-state index in [9.17, 15) is 4.39 Å². The van der Waals surface area contributed by atoms with Gasteiger partial charge in [-0.05, 0) is 69.3 Å². The van der Waals surface area contributed by atoms with Gasteiger partial charge in [0, 0.05) is 6.04 Å². The molecule has 0 radical (unpaired) electrons. The summed E-state index contributed by atoms with van der Waals surface area (Å²) in [5, 5.41) is 3.54. The highest BCUT2D eigenvalue weighted by Gasteiger charge is 2.39. The van der Waals surface area contributed by atoms with Crippen molar-refractivity contribution in [2.75, 3.05) is 6.54 Å². The largest absolute Gasteiger partial charge is 0.487 e. The van der Waals surface area contributed by atoms with Crippen molar-refractivity contribution in [1.82, 2.24) is 5.32 Å². The molecule has 2 nitrogen and oxygen atoms in total. The topological polar surface area (TPSA) is 21.3 Å². The zero-order chi connectivity index (χ0) is 12.4. The van der Waals surface area contributed by atoms with E-state index in [1.807, 2.05) is 0 Å². The van der Waals surface area contributed by atoms with E-state index in [-0.39, 0.29) is 11.4 Å². The van der Waals surface area contributed by atoms with Gasteiger partial charge in [0.2, 0.25) is 0 Å². The van der Waals surface area contributed by atoms with Crippen LogP contribution in [-0.2, 0) is 0 Å². The molecule has 1 aromatic carbocycles. The Balaban J connectivity index is 1.55. The van der Waals surface area contributed by atoms with Gasteiger partial charge in [0.25, 0.3) is 0 Å². The molecule has 0 amide bonds. The van der Waals surface area contributed by atoms with E-state index in [0.29, 0.717) is 0 Å². The minimum absolute atomic E-state index is 0.000278. The first-order chi connectivity index (χ1) is 8.76. The molecule has 0 aromatic heterocycles. The van der Waals surface area contributed by atoms with Gasteiger partial charge in [0.1, 0.15) is 17.2 Å². The smallest absolute Gasteiger partial charge is 0.123 e. The average Bonchev–Trinajstić information content (AvgIpc) is 3.12. The fourth-order valence-corrected chi connectivity index (χ4v) is 2.52. The standard InChI is InChI=1S/C15H20FNO/c16-12-2-6-14(7-3-12)18-15(8-1-9-15)10-11-17-13-4-5-13/h2-3,6-7,13,17H,1,4-5,8-11H2. The monoisotopic (exact) mass is 249 g/mol. The molecule has 0 unspecified atom stereocenters. The van der Waals surface area contributed by atoms with E-state index >= 15 is 0 Å². The van der Waals surface area contributed by atoms with Gasteiger partial charge < -0.3 is 10.1 Å². The van der Waals surface area contributed by atoms with Gasteiger partial charge in [-0.25, -0.2) is 4.39 Å². The van der Waals surface area contributed by atoms with Crippen LogP contribution in [-0.4, -0.2) is 18.2 Å². The van der Waals surface area contributed by atoms with Crippen LogP contribution in [0.4, 0.5) is 4.39 Å². The number of hydrogen-bond donors (Lipinski definition) is 1. The summed E-state index contributed by atoms with van der Waals surface area (Å²) < 4.78 is 18.9. The minimum atomic E-state index is -0.208. The number of benzene rings is 1. The van der Waals surface area contributed by atoms with E-state index in [2.05, 4.69) is 5.32 Å². The van der Waals surface area contributed by atoms with Crippen molar-refractivity contribution >= 4 is 0 Å². The quantitative estimate of drug-likeness (QED) is 0.835. The van der Waals surface area contributed by atoms with Crippen LogP contribution in [0.2, 0.25) is 0 Å². The Kier molecular flexibility index (Phi) is 3.25. The summed E-state index contributed by atoms with van der Waals surface area (Å²) >= 11 is 0. The third-order valence-electron chi connectivity index (χ3n) is 4.00. The first kappa shape index (κ1) is 12.0. The molecule has 2 saturated carbocycles. The van der Waals surface area contributed by atoms with Gasteiger partial charge in [-0.15, -0.1) is 0 Å². The Morgan fingerprint density at radius 1 is 1.22 bits per heavy atom. The summed E-state index contributed by atoms with van der Waals surface area (Å²) in [7, 11) is 0. The molecule has 2 fully saturated rings. The average molecular weight is 249 g/mol. The molecule has 0 atom stereocenters. The molecule has 2 aliphatic rings. The molecule has 0 aliphatic heterocycles. The maximum Gasteiger partial charge on any atom is 0.123 e. The van der Waals surface area contributed by atoms with Crippen LogP contribution in [0, 0.1) is 5.82 Å². The van der Waals surface area contributed by atoms with Gasteiger partial charge in [0.15, 0.2) is 0 Å². The molecule has 1 aromatic rings. The van der Waals surface area contributed by atoms with Crippen LogP contribution in [0.25, 0.3) is 0 Å². The van der Waals surface area contributed by atoms with Crippen molar-refractivity contribution in [3.63, 3.8) is 0 Å². The molecule has 0 bridgehead atoms. The first-order valence-electron chi connectivity index (χ1n) is 6.94. The molecule has 0 saturated heterocycles. The molecule has 2 aliphatic carbocycles. The Bertz CT molecular complexity index is 395. The van der Waals surface area contributed by atoms with E-state index in [4.69, 9.17) is 4.74 Å². The van der Waals surface area contributed by atoms with Crippen molar-refractivity contribution in [1.29, 1.82) is 0 Å². The van der Waals surface area contributed by atoms with E-state index < -0.39 is 0 Å². The van der Waals surface area contributed by atoms with Gasteiger partial charge in [-0.3, -0.25) is 0 Å². The SMILES string of the molecule is Fc1ccc(OC2(CCNC3CC3)CCC2)cc1. The van der Waals surface area contributed by atoms with Crippen LogP contribution in [0.3, 0.4) is 0 Å². The summed E-state index contributed by atoms with van der Waals surface area (Å²) in [5.41, 5.74) is -0.000278. The summed E-state index contributed by atoms with van der Waals surface area (Å²) in [5.74, 6) is 0.586. The third-order valence-corrected chi connectivity index (χ3v) is 4.00. The Morgan fingerprint density at radius 2 is 1.94 bits per heavy atom.